The zero-order valence-corrected chi connectivity index (χ0v) is 11.3. The van der Waals surface area contributed by atoms with Gasteiger partial charge in [0, 0.05) is 38.8 Å². The lowest BCUT2D eigenvalue weighted by Crippen LogP contribution is -2.51. The minimum atomic E-state index is 0.350. The van der Waals surface area contributed by atoms with Crippen molar-refractivity contribution in [2.75, 3.05) is 39.3 Å². The lowest BCUT2D eigenvalue weighted by Gasteiger charge is -2.36. The van der Waals surface area contributed by atoms with Crippen LogP contribution in [0, 0.1) is 5.92 Å². The molecule has 0 spiro atoms. The van der Waals surface area contributed by atoms with Gasteiger partial charge in [-0.15, -0.1) is 0 Å². The van der Waals surface area contributed by atoms with Gasteiger partial charge in [-0.1, -0.05) is 27.2 Å². The Morgan fingerprint density at radius 3 is 2.12 bits per heavy atom. The van der Waals surface area contributed by atoms with Crippen LogP contribution in [-0.4, -0.2) is 55.1 Å². The molecule has 0 saturated carbocycles. The van der Waals surface area contributed by atoms with Gasteiger partial charge in [0.2, 0.25) is 0 Å². The first kappa shape index (κ1) is 13.9. The van der Waals surface area contributed by atoms with E-state index in [1.54, 1.807) is 0 Å². The van der Waals surface area contributed by atoms with Crippen molar-refractivity contribution in [1.82, 2.24) is 9.80 Å². The highest BCUT2D eigenvalue weighted by Crippen LogP contribution is 2.09. The molecule has 0 amide bonds. The highest BCUT2D eigenvalue weighted by molar-refractivity contribution is 4.77. The van der Waals surface area contributed by atoms with Gasteiger partial charge >= 0.3 is 0 Å². The van der Waals surface area contributed by atoms with Crippen molar-refractivity contribution in [3.8, 4) is 0 Å². The second kappa shape index (κ2) is 7.25. The van der Waals surface area contributed by atoms with Crippen LogP contribution >= 0.6 is 0 Å². The van der Waals surface area contributed by atoms with Crippen LogP contribution in [0.3, 0.4) is 0 Å². The van der Waals surface area contributed by atoms with Gasteiger partial charge < -0.3 is 10.6 Å². The fourth-order valence-corrected chi connectivity index (χ4v) is 2.29. The lowest BCUT2D eigenvalue weighted by atomic mass is 9.99. The van der Waals surface area contributed by atoms with Gasteiger partial charge in [-0.05, 0) is 18.9 Å². The Morgan fingerprint density at radius 1 is 1.06 bits per heavy atom. The summed E-state index contributed by atoms with van der Waals surface area (Å²) in [5.41, 5.74) is 6.20. The first-order valence-electron chi connectivity index (χ1n) is 6.87. The predicted octanol–water partition coefficient (Wildman–Crippen LogP) is 1.39. The van der Waals surface area contributed by atoms with E-state index in [0.29, 0.717) is 12.0 Å². The Kier molecular flexibility index (Phi) is 6.32. The van der Waals surface area contributed by atoms with Gasteiger partial charge in [0.05, 0.1) is 0 Å². The maximum absolute atomic E-state index is 6.20. The third-order valence-corrected chi connectivity index (χ3v) is 3.85. The van der Waals surface area contributed by atoms with Crippen LogP contribution in [0.5, 0.6) is 0 Å². The number of rotatable bonds is 6. The largest absolute Gasteiger partial charge is 0.326 e. The van der Waals surface area contributed by atoms with E-state index in [1.165, 1.54) is 45.6 Å². The average Bonchev–Trinajstić information content (AvgIpc) is 2.31. The van der Waals surface area contributed by atoms with Crippen LogP contribution in [0.15, 0.2) is 0 Å². The molecule has 1 rings (SSSR count). The molecule has 0 aromatic rings. The second-order valence-electron chi connectivity index (χ2n) is 5.19. The zero-order chi connectivity index (χ0) is 12.0. The summed E-state index contributed by atoms with van der Waals surface area (Å²) < 4.78 is 0. The molecule has 0 aromatic carbocycles. The van der Waals surface area contributed by atoms with Crippen molar-refractivity contribution < 1.29 is 0 Å². The highest BCUT2D eigenvalue weighted by Gasteiger charge is 2.19. The summed E-state index contributed by atoms with van der Waals surface area (Å²) in [6, 6.07) is 0.350. The second-order valence-corrected chi connectivity index (χ2v) is 5.19. The summed E-state index contributed by atoms with van der Waals surface area (Å²) in [6.45, 7) is 13.9. The standard InChI is InChI=1S/C13H29N3/c1-4-6-15-7-9-16(10-8-15)11-13(14)12(3)5-2/h12-13H,4-11,14H2,1-3H3/t12-,13-/m0/s1. The molecule has 1 aliphatic rings. The molecule has 0 unspecified atom stereocenters. The van der Waals surface area contributed by atoms with Crippen molar-refractivity contribution in [3.05, 3.63) is 0 Å². The van der Waals surface area contributed by atoms with Crippen LogP contribution in [0.4, 0.5) is 0 Å². The lowest BCUT2D eigenvalue weighted by molar-refractivity contribution is 0.121. The Hall–Kier alpha value is -0.120. The van der Waals surface area contributed by atoms with E-state index in [9.17, 15) is 0 Å². The maximum atomic E-state index is 6.20. The van der Waals surface area contributed by atoms with Crippen LogP contribution < -0.4 is 5.73 Å². The molecule has 2 atom stereocenters. The van der Waals surface area contributed by atoms with Gasteiger partial charge in [0.15, 0.2) is 0 Å². The molecular weight excluding hydrogens is 198 g/mol. The average molecular weight is 227 g/mol. The van der Waals surface area contributed by atoms with Gasteiger partial charge in [-0.25, -0.2) is 0 Å². The van der Waals surface area contributed by atoms with Crippen molar-refractivity contribution in [2.45, 2.75) is 39.7 Å². The zero-order valence-electron chi connectivity index (χ0n) is 11.3. The molecule has 1 saturated heterocycles. The fraction of sp³-hybridized carbons (Fsp3) is 1.00. The molecule has 96 valence electrons. The van der Waals surface area contributed by atoms with Crippen molar-refractivity contribution >= 4 is 0 Å². The van der Waals surface area contributed by atoms with E-state index >= 15 is 0 Å². The molecule has 1 heterocycles. The van der Waals surface area contributed by atoms with Gasteiger partial charge in [-0.2, -0.15) is 0 Å². The Labute approximate surface area is 101 Å². The van der Waals surface area contributed by atoms with Crippen LogP contribution in [0.25, 0.3) is 0 Å². The molecular formula is C13H29N3. The van der Waals surface area contributed by atoms with E-state index in [1.807, 2.05) is 0 Å². The van der Waals surface area contributed by atoms with Crippen LogP contribution in [0.2, 0.25) is 0 Å². The minimum Gasteiger partial charge on any atom is -0.326 e. The Morgan fingerprint density at radius 2 is 1.62 bits per heavy atom. The topological polar surface area (TPSA) is 32.5 Å². The summed E-state index contributed by atoms with van der Waals surface area (Å²) in [6.07, 6.45) is 2.46. The smallest absolute Gasteiger partial charge is 0.0193 e. The van der Waals surface area contributed by atoms with Crippen LogP contribution in [0.1, 0.15) is 33.6 Å². The normalized spacial score (nSPS) is 23.2. The van der Waals surface area contributed by atoms with Gasteiger partial charge in [-0.3, -0.25) is 4.90 Å². The van der Waals surface area contributed by atoms with Crippen molar-refractivity contribution in [2.24, 2.45) is 11.7 Å². The number of nitrogens with two attached hydrogens (primary N) is 1. The Balaban J connectivity index is 2.21. The summed E-state index contributed by atoms with van der Waals surface area (Å²) >= 11 is 0. The predicted molar refractivity (Wildman–Crippen MR) is 70.6 cm³/mol. The van der Waals surface area contributed by atoms with Crippen LogP contribution in [-0.2, 0) is 0 Å². The Bertz CT molecular complexity index is 176. The summed E-state index contributed by atoms with van der Waals surface area (Å²) in [7, 11) is 0. The molecule has 16 heavy (non-hydrogen) atoms. The molecule has 1 aliphatic heterocycles. The van der Waals surface area contributed by atoms with Gasteiger partial charge in [0.25, 0.3) is 0 Å². The summed E-state index contributed by atoms with van der Waals surface area (Å²) in [5, 5.41) is 0. The first-order valence-corrected chi connectivity index (χ1v) is 6.87. The monoisotopic (exact) mass is 227 g/mol. The highest BCUT2D eigenvalue weighted by atomic mass is 15.3. The number of nitrogens with zero attached hydrogens (tertiary/aromatic N) is 2. The quantitative estimate of drug-likeness (QED) is 0.744. The van der Waals surface area contributed by atoms with Crippen molar-refractivity contribution in [1.29, 1.82) is 0 Å². The molecule has 0 bridgehead atoms. The number of piperazine rings is 1. The number of hydrogen-bond acceptors (Lipinski definition) is 3. The van der Waals surface area contributed by atoms with E-state index in [4.69, 9.17) is 5.73 Å². The third kappa shape index (κ3) is 4.40. The molecule has 0 radical (unpaired) electrons. The van der Waals surface area contributed by atoms with E-state index < -0.39 is 0 Å². The SMILES string of the molecule is CCCN1CCN(C[C@H](N)[C@@H](C)CC)CC1. The third-order valence-electron chi connectivity index (χ3n) is 3.85. The fourth-order valence-electron chi connectivity index (χ4n) is 2.29. The molecule has 0 aliphatic carbocycles. The minimum absolute atomic E-state index is 0.350. The van der Waals surface area contributed by atoms with Gasteiger partial charge in [0.1, 0.15) is 0 Å². The van der Waals surface area contributed by atoms with E-state index in [0.717, 1.165) is 6.54 Å². The van der Waals surface area contributed by atoms with Crippen molar-refractivity contribution in [3.63, 3.8) is 0 Å². The maximum Gasteiger partial charge on any atom is 0.0193 e. The molecule has 3 nitrogen and oxygen atoms in total. The molecule has 1 fully saturated rings. The van der Waals surface area contributed by atoms with E-state index in [2.05, 4.69) is 30.6 Å². The number of hydrogen-bond donors (Lipinski definition) is 1. The summed E-state index contributed by atoms with van der Waals surface area (Å²) in [4.78, 5) is 5.09. The summed E-state index contributed by atoms with van der Waals surface area (Å²) in [5.74, 6) is 0.647. The molecule has 2 N–H and O–H groups in total. The first-order chi connectivity index (χ1) is 7.67. The molecule has 3 heteroatoms. The van der Waals surface area contributed by atoms with E-state index in [-0.39, 0.29) is 0 Å². The molecule has 0 aromatic heterocycles.